The first-order valence-electron chi connectivity index (χ1n) is 10.3. The predicted octanol–water partition coefficient (Wildman–Crippen LogP) is 1.41. The number of hydrogen-bond donors (Lipinski definition) is 1. The van der Waals surface area contributed by atoms with Gasteiger partial charge in [-0.1, -0.05) is 24.3 Å². The molecule has 2 fully saturated rings. The van der Waals surface area contributed by atoms with Gasteiger partial charge in [0.25, 0.3) is 0 Å². The number of likely N-dealkylation sites (tertiary alicyclic amines) is 1. The number of amides is 2. The summed E-state index contributed by atoms with van der Waals surface area (Å²) in [5.74, 6) is 0.144. The molecule has 4 atom stereocenters. The minimum absolute atomic E-state index is 0.0500. The molecule has 1 N–H and O–H groups in total. The van der Waals surface area contributed by atoms with Gasteiger partial charge in [-0.15, -0.1) is 0 Å². The SMILES string of the molecule is O=C(NCc1cccnc1)C1[C@H]2C=C[C@@]3(CN(Cc4ccc5c(c4)OCO5)C(=O)[C@@H]13)O2. The minimum Gasteiger partial charge on any atom is -0.454 e. The molecule has 1 spiro atoms. The van der Waals surface area contributed by atoms with E-state index in [1.807, 2.05) is 42.5 Å². The molecule has 1 unspecified atom stereocenters. The van der Waals surface area contributed by atoms with Crippen LogP contribution in [0.3, 0.4) is 0 Å². The van der Waals surface area contributed by atoms with Gasteiger partial charge >= 0.3 is 0 Å². The standard InChI is InChI=1S/C23H21N3O5/c27-21(25-10-15-2-1-7-24-9-15)19-17-5-6-23(31-17)12-26(22(28)20(19)23)11-14-3-4-16-18(8-14)30-13-29-16/h1-9,17,19-20H,10-13H2,(H,25,27)/t17-,19?,20-,23+/m1/s1. The number of rotatable bonds is 5. The molecule has 8 heteroatoms. The van der Waals surface area contributed by atoms with Crippen molar-refractivity contribution < 1.29 is 23.8 Å². The minimum atomic E-state index is -0.728. The molecule has 0 aliphatic carbocycles. The number of fused-ring (bicyclic) bond motifs is 2. The summed E-state index contributed by atoms with van der Waals surface area (Å²) in [5, 5.41) is 2.95. The highest BCUT2D eigenvalue weighted by Gasteiger charge is 2.66. The number of ether oxygens (including phenoxy) is 3. The molecule has 0 saturated carbocycles. The van der Waals surface area contributed by atoms with Crippen molar-refractivity contribution in [1.82, 2.24) is 15.2 Å². The van der Waals surface area contributed by atoms with Gasteiger partial charge in [-0.05, 0) is 29.3 Å². The van der Waals surface area contributed by atoms with Crippen LogP contribution in [0.1, 0.15) is 11.1 Å². The van der Waals surface area contributed by atoms with Gasteiger partial charge in [0.2, 0.25) is 18.6 Å². The van der Waals surface area contributed by atoms with Crippen molar-refractivity contribution in [3.63, 3.8) is 0 Å². The number of benzene rings is 1. The monoisotopic (exact) mass is 419 g/mol. The van der Waals surface area contributed by atoms with E-state index < -0.39 is 17.4 Å². The van der Waals surface area contributed by atoms with Gasteiger partial charge in [0.05, 0.1) is 24.5 Å². The zero-order chi connectivity index (χ0) is 21.0. The Morgan fingerprint density at radius 1 is 1.23 bits per heavy atom. The highest BCUT2D eigenvalue weighted by molar-refractivity contribution is 5.93. The maximum atomic E-state index is 13.4. The summed E-state index contributed by atoms with van der Waals surface area (Å²) in [5.41, 5.74) is 1.13. The van der Waals surface area contributed by atoms with Crippen LogP contribution in [-0.2, 0) is 27.4 Å². The van der Waals surface area contributed by atoms with Crippen LogP contribution in [0.2, 0.25) is 0 Å². The quantitative estimate of drug-likeness (QED) is 0.737. The first-order valence-corrected chi connectivity index (χ1v) is 10.3. The number of nitrogens with zero attached hydrogens (tertiary/aromatic N) is 2. The third kappa shape index (κ3) is 2.90. The van der Waals surface area contributed by atoms with Gasteiger partial charge in [-0.25, -0.2) is 0 Å². The molecule has 2 aromatic rings. The third-order valence-corrected chi connectivity index (χ3v) is 6.48. The van der Waals surface area contributed by atoms with E-state index in [1.54, 1.807) is 17.3 Å². The van der Waals surface area contributed by atoms with Crippen molar-refractivity contribution in [3.05, 3.63) is 66.0 Å². The van der Waals surface area contributed by atoms with Gasteiger partial charge in [0.1, 0.15) is 5.60 Å². The van der Waals surface area contributed by atoms with Crippen LogP contribution in [0.15, 0.2) is 54.9 Å². The second-order valence-electron chi connectivity index (χ2n) is 8.36. The van der Waals surface area contributed by atoms with Crippen LogP contribution in [0.4, 0.5) is 0 Å². The Morgan fingerprint density at radius 3 is 3.00 bits per heavy atom. The number of hydrogen-bond acceptors (Lipinski definition) is 6. The van der Waals surface area contributed by atoms with E-state index in [2.05, 4.69) is 10.3 Å². The normalized spacial score (nSPS) is 29.5. The molecule has 0 radical (unpaired) electrons. The Balaban J connectivity index is 1.19. The maximum absolute atomic E-state index is 13.4. The summed E-state index contributed by atoms with van der Waals surface area (Å²) in [6.45, 7) is 1.45. The molecule has 1 aromatic heterocycles. The molecule has 4 aliphatic heterocycles. The lowest BCUT2D eigenvalue weighted by atomic mass is 9.77. The fourth-order valence-corrected chi connectivity index (χ4v) is 5.08. The van der Waals surface area contributed by atoms with E-state index in [0.717, 1.165) is 11.1 Å². The summed E-state index contributed by atoms with van der Waals surface area (Å²) < 4.78 is 17.0. The summed E-state index contributed by atoms with van der Waals surface area (Å²) >= 11 is 0. The molecular formula is C23H21N3O5. The Labute approximate surface area is 178 Å². The van der Waals surface area contributed by atoms with Crippen molar-refractivity contribution >= 4 is 11.8 Å². The number of pyridine rings is 1. The first kappa shape index (κ1) is 18.4. The van der Waals surface area contributed by atoms with E-state index >= 15 is 0 Å². The van der Waals surface area contributed by atoms with Crippen LogP contribution in [0.25, 0.3) is 0 Å². The topological polar surface area (TPSA) is 90.0 Å². The second kappa shape index (κ2) is 6.81. The lowest BCUT2D eigenvalue weighted by Gasteiger charge is -2.23. The molecule has 1 aromatic carbocycles. The molecule has 4 aliphatic rings. The molecule has 6 rings (SSSR count). The molecule has 31 heavy (non-hydrogen) atoms. The third-order valence-electron chi connectivity index (χ3n) is 6.48. The van der Waals surface area contributed by atoms with Crippen LogP contribution >= 0.6 is 0 Å². The lowest BCUT2D eigenvalue weighted by Crippen LogP contribution is -2.43. The molecule has 2 amide bonds. The smallest absolute Gasteiger partial charge is 0.231 e. The molecular weight excluding hydrogens is 398 g/mol. The van der Waals surface area contributed by atoms with Gasteiger partial charge in [0, 0.05) is 25.5 Å². The Hall–Kier alpha value is -3.39. The highest BCUT2D eigenvalue weighted by atomic mass is 16.7. The Kier molecular flexibility index (Phi) is 4.04. The van der Waals surface area contributed by atoms with E-state index in [4.69, 9.17) is 14.2 Å². The lowest BCUT2D eigenvalue weighted by molar-refractivity contribution is -0.137. The molecule has 8 nitrogen and oxygen atoms in total. The van der Waals surface area contributed by atoms with E-state index in [-0.39, 0.29) is 24.7 Å². The average molecular weight is 419 g/mol. The van der Waals surface area contributed by atoms with E-state index in [0.29, 0.717) is 31.1 Å². The molecule has 2 saturated heterocycles. The van der Waals surface area contributed by atoms with Gasteiger partial charge < -0.3 is 24.4 Å². The second-order valence-corrected chi connectivity index (χ2v) is 8.36. The van der Waals surface area contributed by atoms with Gasteiger partial charge in [0.15, 0.2) is 11.5 Å². The van der Waals surface area contributed by atoms with Crippen molar-refractivity contribution in [2.45, 2.75) is 24.8 Å². The van der Waals surface area contributed by atoms with Crippen LogP contribution < -0.4 is 14.8 Å². The fourth-order valence-electron chi connectivity index (χ4n) is 5.08. The number of carbonyl (C=O) groups excluding carboxylic acids is 2. The average Bonchev–Trinajstić information content (AvgIpc) is 3.54. The fraction of sp³-hybridized carbons (Fsp3) is 0.348. The summed E-state index contributed by atoms with van der Waals surface area (Å²) in [6.07, 6.45) is 6.92. The van der Waals surface area contributed by atoms with Crippen molar-refractivity contribution in [2.24, 2.45) is 11.8 Å². The van der Waals surface area contributed by atoms with Gasteiger partial charge in [-0.3, -0.25) is 14.6 Å². The summed E-state index contributed by atoms with van der Waals surface area (Å²) in [4.78, 5) is 32.2. The summed E-state index contributed by atoms with van der Waals surface area (Å²) in [6, 6.07) is 9.41. The van der Waals surface area contributed by atoms with Crippen LogP contribution in [0.5, 0.6) is 11.5 Å². The number of carbonyl (C=O) groups is 2. The van der Waals surface area contributed by atoms with Crippen LogP contribution in [-0.4, -0.2) is 46.7 Å². The van der Waals surface area contributed by atoms with E-state index in [1.165, 1.54) is 0 Å². The maximum Gasteiger partial charge on any atom is 0.231 e. The van der Waals surface area contributed by atoms with Crippen molar-refractivity contribution in [2.75, 3.05) is 13.3 Å². The van der Waals surface area contributed by atoms with Crippen molar-refractivity contribution in [1.29, 1.82) is 0 Å². The Bertz CT molecular complexity index is 1090. The number of nitrogens with one attached hydrogen (secondary N) is 1. The van der Waals surface area contributed by atoms with Gasteiger partial charge in [-0.2, -0.15) is 0 Å². The molecule has 158 valence electrons. The van der Waals surface area contributed by atoms with E-state index in [9.17, 15) is 9.59 Å². The van der Waals surface area contributed by atoms with Crippen molar-refractivity contribution in [3.8, 4) is 11.5 Å². The Morgan fingerprint density at radius 2 is 2.13 bits per heavy atom. The zero-order valence-electron chi connectivity index (χ0n) is 16.7. The van der Waals surface area contributed by atoms with Crippen LogP contribution in [0, 0.1) is 11.8 Å². The highest BCUT2D eigenvalue weighted by Crippen LogP contribution is 2.52. The summed E-state index contributed by atoms with van der Waals surface area (Å²) in [7, 11) is 0. The molecule has 5 heterocycles. The first-order chi connectivity index (χ1) is 15.1. The zero-order valence-corrected chi connectivity index (χ0v) is 16.7. The number of aromatic nitrogens is 1. The largest absolute Gasteiger partial charge is 0.454 e. The molecule has 2 bridgehead atoms. The predicted molar refractivity (Wildman–Crippen MR) is 108 cm³/mol.